The molecule has 1 atom stereocenters. The van der Waals surface area contributed by atoms with Crippen LogP contribution < -0.4 is 10.1 Å². The summed E-state index contributed by atoms with van der Waals surface area (Å²) >= 11 is 6.13. The van der Waals surface area contributed by atoms with E-state index in [4.69, 9.17) is 16.3 Å². The van der Waals surface area contributed by atoms with Crippen LogP contribution in [-0.4, -0.2) is 36.4 Å². The molecule has 7 heteroatoms. The number of nitrogens with zero attached hydrogens (tertiary/aromatic N) is 1. The summed E-state index contributed by atoms with van der Waals surface area (Å²) in [6.07, 6.45) is 0.201. The highest BCUT2D eigenvalue weighted by Gasteiger charge is 2.29. The molecule has 0 heterocycles. The predicted octanol–water partition coefficient (Wildman–Crippen LogP) is 4.61. The Bertz CT molecular complexity index is 867. The van der Waals surface area contributed by atoms with E-state index in [9.17, 15) is 14.0 Å². The highest BCUT2D eigenvalue weighted by molar-refractivity contribution is 6.31. The summed E-state index contributed by atoms with van der Waals surface area (Å²) in [6.45, 7) is 6.58. The maximum Gasteiger partial charge on any atom is 0.242 e. The molecule has 2 amide bonds. The third kappa shape index (κ3) is 6.96. The molecule has 2 rings (SSSR count). The van der Waals surface area contributed by atoms with E-state index in [-0.39, 0.29) is 41.3 Å². The molecular weight excluding hydrogens is 419 g/mol. The molecule has 0 radical (unpaired) electrons. The first kappa shape index (κ1) is 24.7. The Morgan fingerprint density at radius 3 is 2.39 bits per heavy atom. The molecule has 5 nitrogen and oxygen atoms in total. The van der Waals surface area contributed by atoms with Crippen LogP contribution in [0.25, 0.3) is 0 Å². The van der Waals surface area contributed by atoms with Crippen LogP contribution in [0, 0.1) is 11.7 Å². The molecule has 2 aromatic rings. The van der Waals surface area contributed by atoms with Gasteiger partial charge in [0.15, 0.2) is 0 Å². The first-order valence-electron chi connectivity index (χ1n) is 10.4. The van der Waals surface area contributed by atoms with Gasteiger partial charge in [-0.25, -0.2) is 4.39 Å². The van der Waals surface area contributed by atoms with Crippen LogP contribution >= 0.6 is 11.6 Å². The molecule has 0 saturated heterocycles. The summed E-state index contributed by atoms with van der Waals surface area (Å²) in [6, 6.07) is 10.9. The number of rotatable bonds is 10. The van der Waals surface area contributed by atoms with E-state index < -0.39 is 11.9 Å². The fraction of sp³-hybridized carbons (Fsp3) is 0.417. The minimum atomic E-state index is -0.682. The molecule has 1 N–H and O–H groups in total. The van der Waals surface area contributed by atoms with Gasteiger partial charge in [-0.2, -0.15) is 0 Å². The minimum absolute atomic E-state index is 0.131. The molecule has 2 aromatic carbocycles. The van der Waals surface area contributed by atoms with Crippen molar-refractivity contribution in [2.24, 2.45) is 5.92 Å². The standard InChI is InChI=1S/C24H30ClFN2O3/c1-5-22(24(30)27-14-16(2)3)28(15-17-9-11-18(31-4)12-10-17)23(29)13-19-20(25)7-6-8-21(19)26/h6-12,16,22H,5,13-15H2,1-4H3,(H,27,30)/t22-/m0/s1. The van der Waals surface area contributed by atoms with Gasteiger partial charge in [0, 0.05) is 23.7 Å². The Labute approximate surface area is 188 Å². The van der Waals surface area contributed by atoms with E-state index in [2.05, 4.69) is 5.32 Å². The first-order chi connectivity index (χ1) is 14.8. The van der Waals surface area contributed by atoms with Gasteiger partial charge in [0.05, 0.1) is 13.5 Å². The number of benzene rings is 2. The maximum atomic E-state index is 14.3. The highest BCUT2D eigenvalue weighted by atomic mass is 35.5. The van der Waals surface area contributed by atoms with Crippen molar-refractivity contribution in [3.8, 4) is 5.75 Å². The summed E-state index contributed by atoms with van der Waals surface area (Å²) in [5.41, 5.74) is 0.968. The number of carbonyl (C=O) groups excluding carboxylic acids is 2. The largest absolute Gasteiger partial charge is 0.497 e. The van der Waals surface area contributed by atoms with Crippen LogP contribution in [0.3, 0.4) is 0 Å². The summed E-state index contributed by atoms with van der Waals surface area (Å²) in [5, 5.41) is 3.10. The van der Waals surface area contributed by atoms with Crippen LogP contribution in [0.1, 0.15) is 38.3 Å². The fourth-order valence-corrected chi connectivity index (χ4v) is 3.45. The van der Waals surface area contributed by atoms with Crippen molar-refractivity contribution in [2.45, 2.75) is 46.2 Å². The van der Waals surface area contributed by atoms with Crippen LogP contribution in [0.15, 0.2) is 42.5 Å². The molecule has 168 valence electrons. The predicted molar refractivity (Wildman–Crippen MR) is 121 cm³/mol. The molecule has 0 aliphatic carbocycles. The summed E-state index contributed by atoms with van der Waals surface area (Å²) in [5.74, 6) is -0.152. The molecule has 0 fully saturated rings. The second kappa shape index (κ2) is 11.7. The molecule has 0 spiro atoms. The number of hydrogen-bond donors (Lipinski definition) is 1. The third-order valence-electron chi connectivity index (χ3n) is 4.97. The van der Waals surface area contributed by atoms with Crippen LogP contribution in [0.4, 0.5) is 4.39 Å². The van der Waals surface area contributed by atoms with Crippen molar-refractivity contribution < 1.29 is 18.7 Å². The monoisotopic (exact) mass is 448 g/mol. The van der Waals surface area contributed by atoms with E-state index in [0.29, 0.717) is 18.7 Å². The lowest BCUT2D eigenvalue weighted by Gasteiger charge is -2.31. The van der Waals surface area contributed by atoms with Gasteiger partial charge in [-0.3, -0.25) is 9.59 Å². The average Bonchev–Trinajstić information content (AvgIpc) is 2.75. The number of amides is 2. The van der Waals surface area contributed by atoms with Crippen LogP contribution in [-0.2, 0) is 22.6 Å². The maximum absolute atomic E-state index is 14.3. The molecule has 0 bridgehead atoms. The third-order valence-corrected chi connectivity index (χ3v) is 5.33. The normalized spacial score (nSPS) is 11.8. The molecule has 0 saturated carbocycles. The number of halogens is 2. The van der Waals surface area contributed by atoms with E-state index in [1.807, 2.05) is 32.9 Å². The van der Waals surface area contributed by atoms with Crippen molar-refractivity contribution in [2.75, 3.05) is 13.7 Å². The van der Waals surface area contributed by atoms with E-state index >= 15 is 0 Å². The van der Waals surface area contributed by atoms with Gasteiger partial charge in [-0.15, -0.1) is 0 Å². The quantitative estimate of drug-likeness (QED) is 0.577. The Morgan fingerprint density at radius 1 is 1.16 bits per heavy atom. The lowest BCUT2D eigenvalue weighted by molar-refractivity contribution is -0.141. The van der Waals surface area contributed by atoms with Crippen LogP contribution in [0.2, 0.25) is 5.02 Å². The topological polar surface area (TPSA) is 58.6 Å². The van der Waals surface area contributed by atoms with Crippen molar-refractivity contribution in [1.29, 1.82) is 0 Å². The van der Waals surface area contributed by atoms with Crippen molar-refractivity contribution in [3.63, 3.8) is 0 Å². The summed E-state index contributed by atoms with van der Waals surface area (Å²) < 4.78 is 19.5. The number of nitrogens with one attached hydrogen (secondary N) is 1. The van der Waals surface area contributed by atoms with Gasteiger partial charge >= 0.3 is 0 Å². The lowest BCUT2D eigenvalue weighted by Crippen LogP contribution is -2.50. The molecule has 0 aliphatic heterocycles. The minimum Gasteiger partial charge on any atom is -0.497 e. The van der Waals surface area contributed by atoms with Gasteiger partial charge in [-0.1, -0.05) is 50.6 Å². The lowest BCUT2D eigenvalue weighted by atomic mass is 10.1. The van der Waals surface area contributed by atoms with Crippen LogP contribution in [0.5, 0.6) is 5.75 Å². The van der Waals surface area contributed by atoms with E-state index in [0.717, 1.165) is 5.56 Å². The second-order valence-electron chi connectivity index (χ2n) is 7.81. The fourth-order valence-electron chi connectivity index (χ4n) is 3.22. The second-order valence-corrected chi connectivity index (χ2v) is 8.22. The van der Waals surface area contributed by atoms with Crippen molar-refractivity contribution >= 4 is 23.4 Å². The Hall–Kier alpha value is -2.60. The smallest absolute Gasteiger partial charge is 0.242 e. The van der Waals surface area contributed by atoms with Gasteiger partial charge in [-0.05, 0) is 42.2 Å². The summed E-state index contributed by atoms with van der Waals surface area (Å²) in [7, 11) is 1.58. The van der Waals surface area contributed by atoms with Gasteiger partial charge in [0.2, 0.25) is 11.8 Å². The SMILES string of the molecule is CC[C@@H](C(=O)NCC(C)C)N(Cc1ccc(OC)cc1)C(=O)Cc1c(F)cccc1Cl. The Morgan fingerprint density at radius 2 is 1.84 bits per heavy atom. The number of ether oxygens (including phenoxy) is 1. The van der Waals surface area contributed by atoms with Gasteiger partial charge in [0.1, 0.15) is 17.6 Å². The zero-order valence-corrected chi connectivity index (χ0v) is 19.2. The van der Waals surface area contributed by atoms with Crippen molar-refractivity contribution in [1.82, 2.24) is 10.2 Å². The van der Waals surface area contributed by atoms with Gasteiger partial charge in [0.25, 0.3) is 0 Å². The molecular formula is C24H30ClFN2O3. The van der Waals surface area contributed by atoms with E-state index in [1.165, 1.54) is 17.0 Å². The zero-order chi connectivity index (χ0) is 23.0. The number of methoxy groups -OCH3 is 1. The molecule has 0 unspecified atom stereocenters. The van der Waals surface area contributed by atoms with Gasteiger partial charge < -0.3 is 15.0 Å². The van der Waals surface area contributed by atoms with Crippen molar-refractivity contribution in [3.05, 3.63) is 64.4 Å². The zero-order valence-electron chi connectivity index (χ0n) is 18.5. The highest BCUT2D eigenvalue weighted by Crippen LogP contribution is 2.22. The molecule has 0 aromatic heterocycles. The number of hydrogen-bond acceptors (Lipinski definition) is 3. The molecule has 31 heavy (non-hydrogen) atoms. The number of carbonyl (C=O) groups is 2. The average molecular weight is 449 g/mol. The Kier molecular flexibility index (Phi) is 9.31. The summed E-state index contributed by atoms with van der Waals surface area (Å²) in [4.78, 5) is 27.7. The van der Waals surface area contributed by atoms with E-state index in [1.54, 1.807) is 25.3 Å². The Balaban J connectivity index is 2.32. The first-order valence-corrected chi connectivity index (χ1v) is 10.8. The molecule has 0 aliphatic rings.